The molecule has 0 aromatic carbocycles. The summed E-state index contributed by atoms with van der Waals surface area (Å²) in [4.78, 5) is 16.9. The minimum absolute atomic E-state index is 0. The number of likely N-dealkylation sites (tertiary alicyclic amines) is 2. The molecular weight excluding hydrogens is 274 g/mol. The van der Waals surface area contributed by atoms with Crippen molar-refractivity contribution in [3.8, 4) is 0 Å². The Morgan fingerprint density at radius 3 is 2.85 bits per heavy atom. The molecule has 116 valence electrons. The van der Waals surface area contributed by atoms with E-state index >= 15 is 0 Å². The lowest BCUT2D eigenvalue weighted by Gasteiger charge is -2.34. The molecule has 0 bridgehead atoms. The van der Waals surface area contributed by atoms with Crippen LogP contribution < -0.4 is 5.32 Å². The molecule has 1 N–H and O–H groups in total. The van der Waals surface area contributed by atoms with Crippen LogP contribution >= 0.6 is 12.4 Å². The predicted octanol–water partition coefficient (Wildman–Crippen LogP) is 1.49. The van der Waals surface area contributed by atoms with Crippen LogP contribution in [0.3, 0.4) is 0 Å². The first-order chi connectivity index (χ1) is 9.19. The Labute approximate surface area is 128 Å². The van der Waals surface area contributed by atoms with Crippen molar-refractivity contribution in [2.45, 2.75) is 45.1 Å². The number of halogens is 1. The third-order valence-electron chi connectivity index (χ3n) is 5.33. The number of amides is 1. The van der Waals surface area contributed by atoms with Gasteiger partial charge in [-0.05, 0) is 57.5 Å². The lowest BCUT2D eigenvalue weighted by molar-refractivity contribution is -0.135. The van der Waals surface area contributed by atoms with E-state index < -0.39 is 0 Å². The summed E-state index contributed by atoms with van der Waals surface area (Å²) in [6, 6.07) is 0.450. The molecule has 20 heavy (non-hydrogen) atoms. The summed E-state index contributed by atoms with van der Waals surface area (Å²) in [5.74, 6) is 0.357. The van der Waals surface area contributed by atoms with Crippen molar-refractivity contribution in [2.24, 2.45) is 5.41 Å². The number of nitrogens with zero attached hydrogens (tertiary/aromatic N) is 2. The Morgan fingerprint density at radius 1 is 1.30 bits per heavy atom. The Balaban J connectivity index is 0.00000147. The predicted molar refractivity (Wildman–Crippen MR) is 83.3 cm³/mol. The second kappa shape index (κ2) is 6.63. The molecule has 4 nitrogen and oxygen atoms in total. The van der Waals surface area contributed by atoms with Crippen molar-refractivity contribution >= 4 is 18.3 Å². The van der Waals surface area contributed by atoms with Gasteiger partial charge in [0.15, 0.2) is 0 Å². The number of piperidine rings is 1. The fourth-order valence-electron chi connectivity index (χ4n) is 4.06. The molecule has 1 spiro atoms. The number of hydrogen-bond donors (Lipinski definition) is 1. The van der Waals surface area contributed by atoms with Crippen LogP contribution in [0.2, 0.25) is 0 Å². The summed E-state index contributed by atoms with van der Waals surface area (Å²) < 4.78 is 0. The fraction of sp³-hybridized carbons (Fsp3) is 0.933. The Morgan fingerprint density at radius 2 is 2.15 bits per heavy atom. The van der Waals surface area contributed by atoms with Crippen LogP contribution in [0.5, 0.6) is 0 Å². The van der Waals surface area contributed by atoms with Gasteiger partial charge < -0.3 is 10.2 Å². The summed E-state index contributed by atoms with van der Waals surface area (Å²) >= 11 is 0. The van der Waals surface area contributed by atoms with Crippen LogP contribution in [0.1, 0.15) is 39.0 Å². The molecule has 0 aliphatic carbocycles. The van der Waals surface area contributed by atoms with Crippen LogP contribution in [0.15, 0.2) is 0 Å². The Kier molecular flexibility index (Phi) is 5.32. The minimum atomic E-state index is 0. The molecule has 5 heteroatoms. The third kappa shape index (κ3) is 3.29. The van der Waals surface area contributed by atoms with Crippen molar-refractivity contribution < 1.29 is 4.79 Å². The van der Waals surface area contributed by atoms with Crippen molar-refractivity contribution in [1.29, 1.82) is 0 Å². The Hall–Kier alpha value is -0.320. The van der Waals surface area contributed by atoms with Gasteiger partial charge in [-0.3, -0.25) is 9.69 Å². The van der Waals surface area contributed by atoms with Crippen LogP contribution in [-0.2, 0) is 4.79 Å². The zero-order chi connectivity index (χ0) is 13.3. The fourth-order valence-corrected chi connectivity index (χ4v) is 4.06. The number of carbonyl (C=O) groups excluding carboxylic acids is 1. The van der Waals surface area contributed by atoms with Gasteiger partial charge in [-0.2, -0.15) is 0 Å². The molecule has 3 rings (SSSR count). The summed E-state index contributed by atoms with van der Waals surface area (Å²) in [7, 11) is 0. The van der Waals surface area contributed by atoms with Crippen molar-refractivity contribution in [3.63, 3.8) is 0 Å². The summed E-state index contributed by atoms with van der Waals surface area (Å²) in [5, 5.41) is 3.48. The highest BCUT2D eigenvalue weighted by Crippen LogP contribution is 2.35. The van der Waals surface area contributed by atoms with Gasteiger partial charge in [-0.15, -0.1) is 12.4 Å². The molecule has 3 fully saturated rings. The van der Waals surface area contributed by atoms with Crippen molar-refractivity contribution in [2.75, 3.05) is 39.3 Å². The lowest BCUT2D eigenvalue weighted by Crippen LogP contribution is -2.46. The SMILES string of the molecule is CC1CCCCN1C(=O)CN1CCC2(CCNC2)C1.Cl. The summed E-state index contributed by atoms with van der Waals surface area (Å²) in [6.07, 6.45) is 6.20. The van der Waals surface area contributed by atoms with E-state index in [1.54, 1.807) is 0 Å². The van der Waals surface area contributed by atoms with Crippen molar-refractivity contribution in [1.82, 2.24) is 15.1 Å². The molecule has 0 aromatic heterocycles. The van der Waals surface area contributed by atoms with Crippen LogP contribution in [0.25, 0.3) is 0 Å². The van der Waals surface area contributed by atoms with Gasteiger partial charge in [-0.1, -0.05) is 0 Å². The van der Waals surface area contributed by atoms with Gasteiger partial charge in [0.1, 0.15) is 0 Å². The molecule has 2 atom stereocenters. The first kappa shape index (κ1) is 16.1. The standard InChI is InChI=1S/C15H27N3O.ClH/c1-13-4-2-3-8-18(13)14(19)10-17-9-6-15(12-17)5-7-16-11-15;/h13,16H,2-12H2,1H3;1H. The highest BCUT2D eigenvalue weighted by molar-refractivity contribution is 5.85. The number of hydrogen-bond acceptors (Lipinski definition) is 3. The monoisotopic (exact) mass is 301 g/mol. The largest absolute Gasteiger partial charge is 0.339 e. The normalized spacial score (nSPS) is 34.5. The van der Waals surface area contributed by atoms with E-state index in [2.05, 4.69) is 22.0 Å². The molecule has 1 amide bonds. The molecule has 2 unspecified atom stereocenters. The molecule has 3 saturated heterocycles. The average Bonchev–Trinajstić information content (AvgIpc) is 3.01. The summed E-state index contributed by atoms with van der Waals surface area (Å²) in [6.45, 7) is 8.35. The maximum absolute atomic E-state index is 12.4. The van der Waals surface area contributed by atoms with Crippen LogP contribution in [0, 0.1) is 5.41 Å². The van der Waals surface area contributed by atoms with Gasteiger partial charge in [0.25, 0.3) is 0 Å². The van der Waals surface area contributed by atoms with E-state index in [-0.39, 0.29) is 12.4 Å². The second-order valence-corrected chi connectivity index (χ2v) is 6.82. The van der Waals surface area contributed by atoms with Crippen LogP contribution in [-0.4, -0.2) is 61.0 Å². The van der Waals surface area contributed by atoms with Crippen LogP contribution in [0.4, 0.5) is 0 Å². The molecule has 0 radical (unpaired) electrons. The van der Waals surface area contributed by atoms with Crippen molar-refractivity contribution in [3.05, 3.63) is 0 Å². The lowest BCUT2D eigenvalue weighted by atomic mass is 9.87. The van der Waals surface area contributed by atoms with Gasteiger partial charge >= 0.3 is 0 Å². The van der Waals surface area contributed by atoms with E-state index in [1.807, 2.05) is 0 Å². The molecular formula is C15H28ClN3O. The van der Waals surface area contributed by atoms with Gasteiger partial charge in [0.2, 0.25) is 5.91 Å². The summed E-state index contributed by atoms with van der Waals surface area (Å²) in [5.41, 5.74) is 0.480. The maximum Gasteiger partial charge on any atom is 0.236 e. The zero-order valence-electron chi connectivity index (χ0n) is 12.6. The topological polar surface area (TPSA) is 35.6 Å². The molecule has 3 aliphatic heterocycles. The van der Waals surface area contributed by atoms with E-state index in [4.69, 9.17) is 0 Å². The minimum Gasteiger partial charge on any atom is -0.339 e. The maximum atomic E-state index is 12.4. The quantitative estimate of drug-likeness (QED) is 0.839. The number of nitrogens with one attached hydrogen (secondary N) is 1. The first-order valence-corrected chi connectivity index (χ1v) is 7.91. The molecule has 0 saturated carbocycles. The second-order valence-electron chi connectivity index (χ2n) is 6.82. The highest BCUT2D eigenvalue weighted by Gasteiger charge is 2.41. The highest BCUT2D eigenvalue weighted by atomic mass is 35.5. The van der Waals surface area contributed by atoms with Gasteiger partial charge in [0.05, 0.1) is 6.54 Å². The van der Waals surface area contributed by atoms with Gasteiger partial charge in [0, 0.05) is 25.7 Å². The smallest absolute Gasteiger partial charge is 0.236 e. The van der Waals surface area contributed by atoms with E-state index in [1.165, 1.54) is 32.1 Å². The van der Waals surface area contributed by atoms with E-state index in [0.717, 1.165) is 32.7 Å². The molecule has 3 aliphatic rings. The average molecular weight is 302 g/mol. The number of carbonyl (C=O) groups is 1. The third-order valence-corrected chi connectivity index (χ3v) is 5.33. The van der Waals surface area contributed by atoms with Gasteiger partial charge in [-0.25, -0.2) is 0 Å². The zero-order valence-corrected chi connectivity index (χ0v) is 13.4. The molecule has 3 heterocycles. The number of rotatable bonds is 2. The molecule has 0 aromatic rings. The Bertz CT molecular complexity index is 344. The van der Waals surface area contributed by atoms with E-state index in [0.29, 0.717) is 23.9 Å². The first-order valence-electron chi connectivity index (χ1n) is 7.91. The van der Waals surface area contributed by atoms with E-state index in [9.17, 15) is 4.79 Å².